The van der Waals surface area contributed by atoms with Gasteiger partial charge >= 0.3 is 0 Å². The van der Waals surface area contributed by atoms with Gasteiger partial charge in [-0.2, -0.15) is 0 Å². The first kappa shape index (κ1) is 13.7. The molecule has 1 amide bonds. The van der Waals surface area contributed by atoms with Crippen LogP contribution >= 0.6 is 0 Å². The molecule has 1 aromatic heterocycles. The highest BCUT2D eigenvalue weighted by Crippen LogP contribution is 2.15. The number of phenolic OH excluding ortho intramolecular Hbond substituents is 1. The molecule has 104 valence electrons. The summed E-state index contributed by atoms with van der Waals surface area (Å²) in [5.41, 5.74) is 12.6. The van der Waals surface area contributed by atoms with E-state index < -0.39 is 5.91 Å². The van der Waals surface area contributed by atoms with Crippen molar-refractivity contribution in [2.45, 2.75) is 6.42 Å². The van der Waals surface area contributed by atoms with Crippen LogP contribution in [-0.2, 0) is 6.42 Å². The topological polar surface area (TPSA) is 114 Å². The maximum absolute atomic E-state index is 11.3. The number of aromatic nitrogens is 1. The van der Waals surface area contributed by atoms with E-state index in [2.05, 4.69) is 10.3 Å². The molecular formula is C14H16N4O2. The number of nitrogen functional groups attached to an aromatic ring is 1. The summed E-state index contributed by atoms with van der Waals surface area (Å²) in [6.07, 6.45) is 2.19. The summed E-state index contributed by atoms with van der Waals surface area (Å²) in [6.45, 7) is 0.585. The second-order valence-corrected chi connectivity index (χ2v) is 4.37. The second kappa shape index (κ2) is 5.92. The maximum atomic E-state index is 11.3. The number of amides is 1. The van der Waals surface area contributed by atoms with Gasteiger partial charge < -0.3 is 21.9 Å². The number of nitrogens with one attached hydrogen (secondary N) is 1. The monoisotopic (exact) mass is 272 g/mol. The zero-order valence-electron chi connectivity index (χ0n) is 10.8. The van der Waals surface area contributed by atoms with Crippen LogP contribution in [0.25, 0.3) is 0 Å². The number of nitrogens with two attached hydrogens (primary N) is 2. The average Bonchev–Trinajstić information content (AvgIpc) is 2.42. The first-order chi connectivity index (χ1) is 9.56. The highest BCUT2D eigenvalue weighted by Gasteiger charge is 2.09. The minimum absolute atomic E-state index is 0.234. The molecule has 0 bridgehead atoms. The van der Waals surface area contributed by atoms with Gasteiger partial charge in [-0.25, -0.2) is 4.98 Å². The second-order valence-electron chi connectivity index (χ2n) is 4.37. The third-order valence-electron chi connectivity index (χ3n) is 2.82. The number of hydrogen-bond acceptors (Lipinski definition) is 5. The molecular weight excluding hydrogens is 256 g/mol. The molecule has 2 rings (SSSR count). The number of rotatable bonds is 5. The average molecular weight is 272 g/mol. The van der Waals surface area contributed by atoms with E-state index in [-0.39, 0.29) is 11.3 Å². The fourth-order valence-corrected chi connectivity index (χ4v) is 1.80. The fourth-order valence-electron chi connectivity index (χ4n) is 1.80. The Labute approximate surface area is 116 Å². The van der Waals surface area contributed by atoms with Crippen LogP contribution in [-0.4, -0.2) is 22.5 Å². The normalized spacial score (nSPS) is 10.2. The van der Waals surface area contributed by atoms with Crippen LogP contribution in [0.4, 0.5) is 11.5 Å². The van der Waals surface area contributed by atoms with E-state index in [4.69, 9.17) is 11.5 Å². The molecule has 0 aliphatic carbocycles. The molecule has 0 aliphatic heterocycles. The molecule has 0 spiro atoms. The minimum atomic E-state index is -0.572. The lowest BCUT2D eigenvalue weighted by molar-refractivity contribution is 0.100. The van der Waals surface area contributed by atoms with Crippen molar-refractivity contribution in [3.8, 4) is 5.75 Å². The van der Waals surface area contributed by atoms with E-state index >= 15 is 0 Å². The summed E-state index contributed by atoms with van der Waals surface area (Å²) in [6, 6.07) is 8.43. The quantitative estimate of drug-likeness (QED) is 0.651. The van der Waals surface area contributed by atoms with Crippen molar-refractivity contribution in [3.05, 3.63) is 47.7 Å². The molecule has 0 saturated heterocycles. The third-order valence-corrected chi connectivity index (χ3v) is 2.82. The van der Waals surface area contributed by atoms with E-state index in [1.165, 1.54) is 12.3 Å². The Kier molecular flexibility index (Phi) is 4.05. The first-order valence-corrected chi connectivity index (χ1v) is 6.13. The van der Waals surface area contributed by atoms with Crippen LogP contribution in [0.3, 0.4) is 0 Å². The predicted molar refractivity (Wildman–Crippen MR) is 77.5 cm³/mol. The maximum Gasteiger partial charge on any atom is 0.252 e. The van der Waals surface area contributed by atoms with Crippen LogP contribution in [0.2, 0.25) is 0 Å². The molecule has 6 heteroatoms. The molecule has 0 unspecified atom stereocenters. The molecule has 1 aromatic carbocycles. The number of aromatic hydroxyl groups is 1. The number of hydrogen-bond donors (Lipinski definition) is 4. The van der Waals surface area contributed by atoms with E-state index in [1.807, 2.05) is 12.1 Å². The Bertz CT molecular complexity index is 611. The van der Waals surface area contributed by atoms with Gasteiger partial charge in [0, 0.05) is 6.54 Å². The molecule has 20 heavy (non-hydrogen) atoms. The number of phenols is 1. The van der Waals surface area contributed by atoms with Crippen LogP contribution in [0.5, 0.6) is 5.75 Å². The number of primary amides is 1. The number of carbonyl (C=O) groups excluding carboxylic acids is 1. The Balaban J connectivity index is 2.00. The van der Waals surface area contributed by atoms with Crippen molar-refractivity contribution < 1.29 is 9.90 Å². The minimum Gasteiger partial charge on any atom is -0.508 e. The van der Waals surface area contributed by atoms with Crippen molar-refractivity contribution in [2.24, 2.45) is 5.73 Å². The molecule has 6 nitrogen and oxygen atoms in total. The molecule has 0 aliphatic rings. The molecule has 0 fully saturated rings. The van der Waals surface area contributed by atoms with Gasteiger partial charge in [0.25, 0.3) is 5.91 Å². The zero-order chi connectivity index (χ0) is 14.5. The fraction of sp³-hybridized carbons (Fsp3) is 0.143. The number of pyridine rings is 1. The van der Waals surface area contributed by atoms with Crippen molar-refractivity contribution in [1.82, 2.24) is 4.98 Å². The lowest BCUT2D eigenvalue weighted by Gasteiger charge is -2.09. The Hall–Kier alpha value is -2.76. The number of anilines is 2. The van der Waals surface area contributed by atoms with Gasteiger partial charge in [-0.05, 0) is 30.2 Å². The van der Waals surface area contributed by atoms with E-state index in [1.54, 1.807) is 12.1 Å². The first-order valence-electron chi connectivity index (χ1n) is 6.13. The Morgan fingerprint density at radius 1 is 1.30 bits per heavy atom. The summed E-state index contributed by atoms with van der Waals surface area (Å²) in [5.74, 6) is 0.0836. The van der Waals surface area contributed by atoms with Gasteiger partial charge in [-0.15, -0.1) is 0 Å². The molecule has 0 atom stereocenters. The zero-order valence-corrected chi connectivity index (χ0v) is 10.8. The van der Waals surface area contributed by atoms with Crippen LogP contribution in [0.1, 0.15) is 15.9 Å². The molecule has 6 N–H and O–H groups in total. The van der Waals surface area contributed by atoms with Gasteiger partial charge in [0.15, 0.2) is 0 Å². The Morgan fingerprint density at radius 2 is 2.00 bits per heavy atom. The number of benzene rings is 1. The summed E-state index contributed by atoms with van der Waals surface area (Å²) in [4.78, 5) is 15.4. The molecule has 1 heterocycles. The molecule has 0 saturated carbocycles. The SMILES string of the molecule is NC(=O)c1cc(N)cnc1NCCc1ccc(O)cc1. The highest BCUT2D eigenvalue weighted by molar-refractivity contribution is 5.98. The van der Waals surface area contributed by atoms with Gasteiger partial charge in [0.05, 0.1) is 17.4 Å². The van der Waals surface area contributed by atoms with Gasteiger partial charge in [-0.1, -0.05) is 12.1 Å². The van der Waals surface area contributed by atoms with Crippen molar-refractivity contribution in [3.63, 3.8) is 0 Å². The summed E-state index contributed by atoms with van der Waals surface area (Å²) in [5, 5.41) is 12.2. The molecule has 2 aromatic rings. The van der Waals surface area contributed by atoms with Gasteiger partial charge in [-0.3, -0.25) is 4.79 Å². The highest BCUT2D eigenvalue weighted by atomic mass is 16.3. The largest absolute Gasteiger partial charge is 0.508 e. The van der Waals surface area contributed by atoms with E-state index in [0.29, 0.717) is 18.1 Å². The lowest BCUT2D eigenvalue weighted by Crippen LogP contribution is -2.17. The van der Waals surface area contributed by atoms with E-state index in [9.17, 15) is 9.90 Å². The van der Waals surface area contributed by atoms with Crippen LogP contribution < -0.4 is 16.8 Å². The van der Waals surface area contributed by atoms with Crippen molar-refractivity contribution in [1.29, 1.82) is 0 Å². The van der Waals surface area contributed by atoms with Crippen molar-refractivity contribution >= 4 is 17.4 Å². The molecule has 0 radical (unpaired) electrons. The third kappa shape index (κ3) is 3.38. The van der Waals surface area contributed by atoms with Gasteiger partial charge in [0.1, 0.15) is 11.6 Å². The Morgan fingerprint density at radius 3 is 2.65 bits per heavy atom. The van der Waals surface area contributed by atoms with Crippen molar-refractivity contribution in [2.75, 3.05) is 17.6 Å². The van der Waals surface area contributed by atoms with Crippen LogP contribution in [0.15, 0.2) is 36.5 Å². The summed E-state index contributed by atoms with van der Waals surface area (Å²) < 4.78 is 0. The summed E-state index contributed by atoms with van der Waals surface area (Å²) >= 11 is 0. The van der Waals surface area contributed by atoms with E-state index in [0.717, 1.165) is 12.0 Å². The predicted octanol–water partition coefficient (Wildman–Crippen LogP) is 1.12. The smallest absolute Gasteiger partial charge is 0.252 e. The summed E-state index contributed by atoms with van der Waals surface area (Å²) in [7, 11) is 0. The number of nitrogens with zero attached hydrogens (tertiary/aromatic N) is 1. The number of carbonyl (C=O) groups is 1. The lowest BCUT2D eigenvalue weighted by atomic mass is 10.1. The van der Waals surface area contributed by atoms with Gasteiger partial charge in [0.2, 0.25) is 0 Å². The van der Waals surface area contributed by atoms with Crippen LogP contribution in [0, 0.1) is 0 Å². The standard InChI is InChI=1S/C14H16N4O2/c15-10-7-12(13(16)20)14(18-8-10)17-6-5-9-1-3-11(19)4-2-9/h1-4,7-8,19H,5-6,15H2,(H2,16,20)(H,17,18).